The maximum Gasteiger partial charge on any atom is 0.226 e. The fraction of sp³-hybridized carbons (Fsp3) is 0.673. The molecule has 1 saturated heterocycles. The maximum absolute atomic E-state index is 14.4. The van der Waals surface area contributed by atoms with Gasteiger partial charge in [0.25, 0.3) is 0 Å². The number of nitrogens with zero attached hydrogens (tertiary/aromatic N) is 3. The molecule has 11 heteroatoms. The number of carbonyl (C=O) groups excluding carboxylic acids is 5. The van der Waals surface area contributed by atoms with Gasteiger partial charge < -0.3 is 24.6 Å². The van der Waals surface area contributed by atoms with Gasteiger partial charge in [-0.25, -0.2) is 0 Å². The SMILES string of the molecule is CC[C@H](C)[C@@H]([C@@H](CC(=O)N1CCC[C@H]1[C@H](OC)[C@@H](C)C(=O)C[C@@H](Cc1ccccc1)C(=O)NCCCc1ccc(C)cc1)OC)N(C)C(=O)[C@@H](CC(=O)[C@H](C(C)C)N(C)C)C(C)C. The van der Waals surface area contributed by atoms with E-state index in [-0.39, 0.29) is 78.4 Å². The van der Waals surface area contributed by atoms with E-state index in [0.717, 1.165) is 31.2 Å². The summed E-state index contributed by atoms with van der Waals surface area (Å²) in [6, 6.07) is 17.2. The van der Waals surface area contributed by atoms with Gasteiger partial charge in [-0.2, -0.15) is 0 Å². The largest absolute Gasteiger partial charge is 0.379 e. The van der Waals surface area contributed by atoms with Gasteiger partial charge in [0.2, 0.25) is 17.7 Å². The van der Waals surface area contributed by atoms with Gasteiger partial charge in [-0.3, -0.25) is 28.9 Å². The molecule has 2 aromatic rings. The van der Waals surface area contributed by atoms with Crippen LogP contribution in [0, 0.1) is 42.4 Å². The fourth-order valence-electron chi connectivity index (χ4n) is 9.79. The summed E-state index contributed by atoms with van der Waals surface area (Å²) in [5.74, 6) is -2.02. The molecule has 9 atom stereocenters. The molecule has 0 bridgehead atoms. The molecule has 0 aromatic heterocycles. The Morgan fingerprint density at radius 2 is 1.46 bits per heavy atom. The zero-order valence-electron chi connectivity index (χ0n) is 41.0. The number of nitrogens with one attached hydrogen (secondary N) is 1. The van der Waals surface area contributed by atoms with Gasteiger partial charge in [-0.15, -0.1) is 0 Å². The van der Waals surface area contributed by atoms with Crippen molar-refractivity contribution in [2.24, 2.45) is 35.5 Å². The van der Waals surface area contributed by atoms with Gasteiger partial charge in [0.1, 0.15) is 5.78 Å². The lowest BCUT2D eigenvalue weighted by Crippen LogP contribution is -2.54. The summed E-state index contributed by atoms with van der Waals surface area (Å²) in [6.45, 7) is 17.1. The normalized spacial score (nSPS) is 18.1. The van der Waals surface area contributed by atoms with E-state index in [9.17, 15) is 24.0 Å². The van der Waals surface area contributed by atoms with Crippen molar-refractivity contribution in [3.8, 4) is 0 Å². The predicted octanol–water partition coefficient (Wildman–Crippen LogP) is 7.60. The minimum atomic E-state index is -0.606. The summed E-state index contributed by atoms with van der Waals surface area (Å²) >= 11 is 0. The third kappa shape index (κ3) is 15.3. The van der Waals surface area contributed by atoms with Crippen molar-refractivity contribution in [3.05, 3.63) is 71.3 Å². The van der Waals surface area contributed by atoms with Gasteiger partial charge in [-0.1, -0.05) is 115 Å². The molecular weight excluding hydrogens is 793 g/mol. The van der Waals surface area contributed by atoms with Gasteiger partial charge in [-0.05, 0) is 82.0 Å². The van der Waals surface area contributed by atoms with Crippen LogP contribution >= 0.6 is 0 Å². The molecule has 63 heavy (non-hydrogen) atoms. The summed E-state index contributed by atoms with van der Waals surface area (Å²) < 4.78 is 12.2. The number of amides is 3. The second kappa shape index (κ2) is 26.1. The Morgan fingerprint density at radius 3 is 2.02 bits per heavy atom. The Kier molecular flexibility index (Phi) is 22.2. The van der Waals surface area contributed by atoms with Crippen LogP contribution < -0.4 is 5.32 Å². The first-order valence-electron chi connectivity index (χ1n) is 23.6. The molecule has 1 heterocycles. The van der Waals surface area contributed by atoms with Gasteiger partial charge in [0.15, 0.2) is 5.78 Å². The zero-order chi connectivity index (χ0) is 47.0. The van der Waals surface area contributed by atoms with Gasteiger partial charge in [0.05, 0.1) is 36.8 Å². The fourth-order valence-corrected chi connectivity index (χ4v) is 9.79. The van der Waals surface area contributed by atoms with Crippen LogP contribution in [0.15, 0.2) is 54.6 Å². The second-order valence-electron chi connectivity index (χ2n) is 19.2. The molecule has 0 unspecified atom stereocenters. The Bertz CT molecular complexity index is 1720. The summed E-state index contributed by atoms with van der Waals surface area (Å²) in [5.41, 5.74) is 3.42. The summed E-state index contributed by atoms with van der Waals surface area (Å²) in [4.78, 5) is 75.9. The topological polar surface area (TPSA) is 126 Å². The first-order chi connectivity index (χ1) is 29.9. The number of ketones is 2. The number of likely N-dealkylation sites (tertiary alicyclic amines) is 1. The molecule has 3 rings (SSSR count). The lowest BCUT2D eigenvalue weighted by Gasteiger charge is -2.41. The van der Waals surface area contributed by atoms with Crippen LogP contribution in [-0.4, -0.2) is 123 Å². The highest BCUT2D eigenvalue weighted by molar-refractivity contribution is 5.90. The molecule has 0 aliphatic carbocycles. The highest BCUT2D eigenvalue weighted by Gasteiger charge is 2.43. The average molecular weight is 875 g/mol. The Morgan fingerprint density at radius 1 is 0.810 bits per heavy atom. The molecule has 2 aromatic carbocycles. The second-order valence-corrected chi connectivity index (χ2v) is 19.2. The quantitative estimate of drug-likeness (QED) is 0.0911. The van der Waals surface area contributed by atoms with Crippen molar-refractivity contribution >= 4 is 29.3 Å². The van der Waals surface area contributed by atoms with Crippen LogP contribution in [0.4, 0.5) is 0 Å². The van der Waals surface area contributed by atoms with E-state index in [2.05, 4.69) is 50.4 Å². The molecule has 0 saturated carbocycles. The molecule has 0 spiro atoms. The van der Waals surface area contributed by atoms with Gasteiger partial charge >= 0.3 is 0 Å². The van der Waals surface area contributed by atoms with Crippen molar-refractivity contribution in [1.82, 2.24) is 20.0 Å². The van der Waals surface area contributed by atoms with E-state index < -0.39 is 36.0 Å². The number of benzene rings is 2. The first kappa shape index (κ1) is 53.4. The van der Waals surface area contributed by atoms with Crippen molar-refractivity contribution in [3.63, 3.8) is 0 Å². The Hall–Kier alpha value is -3.93. The smallest absolute Gasteiger partial charge is 0.226 e. The van der Waals surface area contributed by atoms with Crippen LogP contribution in [0.2, 0.25) is 0 Å². The van der Waals surface area contributed by atoms with Crippen molar-refractivity contribution in [1.29, 1.82) is 0 Å². The van der Waals surface area contributed by atoms with E-state index in [1.54, 1.807) is 26.2 Å². The molecule has 1 aliphatic rings. The Balaban J connectivity index is 1.76. The monoisotopic (exact) mass is 875 g/mol. The number of likely N-dealkylation sites (N-methyl/N-ethyl adjacent to an activating group) is 2. The van der Waals surface area contributed by atoms with E-state index in [0.29, 0.717) is 25.9 Å². The summed E-state index contributed by atoms with van der Waals surface area (Å²) in [6.07, 6.45) is 3.33. The number of aryl methyl sites for hydroxylation is 2. The molecule has 1 aliphatic heterocycles. The molecule has 352 valence electrons. The number of carbonyl (C=O) groups is 5. The van der Waals surface area contributed by atoms with E-state index in [1.165, 1.54) is 11.1 Å². The van der Waals surface area contributed by atoms with Crippen LogP contribution in [0.25, 0.3) is 0 Å². The van der Waals surface area contributed by atoms with Crippen molar-refractivity contribution in [2.75, 3.05) is 48.5 Å². The summed E-state index contributed by atoms with van der Waals surface area (Å²) in [7, 11) is 8.76. The van der Waals surface area contributed by atoms with Crippen LogP contribution in [0.5, 0.6) is 0 Å². The minimum Gasteiger partial charge on any atom is -0.379 e. The number of hydrogen-bond donors (Lipinski definition) is 1. The zero-order valence-corrected chi connectivity index (χ0v) is 41.0. The minimum absolute atomic E-state index is 0.00151. The maximum atomic E-state index is 14.4. The average Bonchev–Trinajstić information content (AvgIpc) is 3.73. The van der Waals surface area contributed by atoms with E-state index >= 15 is 0 Å². The lowest BCUT2D eigenvalue weighted by atomic mass is 9.83. The van der Waals surface area contributed by atoms with E-state index in [4.69, 9.17) is 9.47 Å². The van der Waals surface area contributed by atoms with Crippen LogP contribution in [-0.2, 0) is 46.3 Å². The lowest BCUT2D eigenvalue weighted by molar-refractivity contribution is -0.149. The molecule has 1 fully saturated rings. The van der Waals surface area contributed by atoms with Crippen LogP contribution in [0.3, 0.4) is 0 Å². The number of methoxy groups -OCH3 is 2. The third-order valence-corrected chi connectivity index (χ3v) is 13.6. The van der Waals surface area contributed by atoms with Gasteiger partial charge in [0, 0.05) is 65.0 Å². The molecule has 3 amide bonds. The Labute approximate surface area is 380 Å². The van der Waals surface area contributed by atoms with Crippen molar-refractivity contribution in [2.45, 2.75) is 144 Å². The first-order valence-corrected chi connectivity index (χ1v) is 23.6. The molecule has 0 radical (unpaired) electrons. The summed E-state index contributed by atoms with van der Waals surface area (Å²) in [5, 5.41) is 3.11. The standard InChI is InChI=1S/C52H82N4O7/c1-14-37(7)49(55(11)52(61)42(34(2)3)32-45(58)48(35(4)5)54(9)10)46(62-12)33-47(59)56-29-19-23-43(56)50(63-13)38(8)44(57)31-41(30-40-20-16-15-17-21-40)51(60)53-28-18-22-39-26-24-36(6)25-27-39/h15-17,20-21,24-27,34-35,37-38,41-43,46,48-50H,14,18-19,22-23,28-33H2,1-13H3,(H,53,60)/t37-,38-,41+,42-,43-,46+,48-,49-,50+/m0/s1. The van der Waals surface area contributed by atoms with Crippen LogP contribution in [0.1, 0.15) is 110 Å². The molecule has 1 N–H and O–H groups in total. The number of ether oxygens (including phenoxy) is 2. The van der Waals surface area contributed by atoms with E-state index in [1.807, 2.05) is 88.8 Å². The highest BCUT2D eigenvalue weighted by Crippen LogP contribution is 2.32. The number of hydrogen-bond acceptors (Lipinski definition) is 8. The molecular formula is C52H82N4O7. The third-order valence-electron chi connectivity index (χ3n) is 13.6. The number of rotatable bonds is 27. The predicted molar refractivity (Wildman–Crippen MR) is 252 cm³/mol. The van der Waals surface area contributed by atoms with Crippen molar-refractivity contribution < 1.29 is 33.4 Å². The molecule has 11 nitrogen and oxygen atoms in total. The number of Topliss-reactive ketones (excluding diaryl/α,β-unsaturated/α-hetero) is 2. The highest BCUT2D eigenvalue weighted by atomic mass is 16.5.